The summed E-state index contributed by atoms with van der Waals surface area (Å²) >= 11 is 0. The van der Waals surface area contributed by atoms with E-state index in [-0.39, 0.29) is 16.9 Å². The van der Waals surface area contributed by atoms with E-state index in [9.17, 15) is 13.6 Å². The zero-order valence-corrected chi connectivity index (χ0v) is 17.7. The smallest absolute Gasteiger partial charge is 0.269 e. The summed E-state index contributed by atoms with van der Waals surface area (Å²) < 4.78 is 30.1. The number of nitrogens with two attached hydrogens (primary N) is 1. The Hall–Kier alpha value is -4.41. The molecular weight excluding hydrogens is 442 g/mol. The Balaban J connectivity index is 1.63. The van der Waals surface area contributed by atoms with Gasteiger partial charge < -0.3 is 15.6 Å². The molecule has 3 N–H and O–H groups in total. The Bertz CT molecular complexity index is 1610. The minimum Gasteiger partial charge on any atom is -0.368 e. The summed E-state index contributed by atoms with van der Waals surface area (Å²) in [6.07, 6.45) is 2.92. The Kier molecular flexibility index (Phi) is 4.51. The molecule has 0 saturated carbocycles. The summed E-state index contributed by atoms with van der Waals surface area (Å²) in [5.74, 6) is -0.814. The number of nitrogens with zero attached hydrogens (tertiary/aromatic N) is 6. The third kappa shape index (κ3) is 3.08. The molecule has 0 bridgehead atoms. The predicted molar refractivity (Wildman–Crippen MR) is 123 cm³/mol. The number of imidazole rings is 1. The van der Waals surface area contributed by atoms with Gasteiger partial charge in [0, 0.05) is 18.7 Å². The fourth-order valence-corrected chi connectivity index (χ4v) is 4.63. The molecular formula is C23H18F2N8O. The minimum absolute atomic E-state index is 0.0383. The van der Waals surface area contributed by atoms with Crippen LogP contribution in [0, 0.1) is 11.6 Å². The van der Waals surface area contributed by atoms with Crippen LogP contribution < -0.4 is 16.2 Å². The first-order chi connectivity index (χ1) is 16.5. The normalized spacial score (nSPS) is 16.1. The Morgan fingerprint density at radius 3 is 2.74 bits per heavy atom. The van der Waals surface area contributed by atoms with Crippen LogP contribution in [0.2, 0.25) is 0 Å². The second-order valence-corrected chi connectivity index (χ2v) is 8.08. The summed E-state index contributed by atoms with van der Waals surface area (Å²) in [4.78, 5) is 36.0. The Morgan fingerprint density at radius 1 is 1.09 bits per heavy atom. The van der Waals surface area contributed by atoms with Crippen molar-refractivity contribution in [2.75, 3.05) is 17.2 Å². The topological polar surface area (TPSA) is 119 Å². The zero-order chi connectivity index (χ0) is 23.4. The second-order valence-electron chi connectivity index (χ2n) is 8.08. The number of benzene rings is 2. The summed E-state index contributed by atoms with van der Waals surface area (Å²) in [5, 5.41) is -0.264. The van der Waals surface area contributed by atoms with E-state index in [1.165, 1.54) is 10.9 Å². The van der Waals surface area contributed by atoms with E-state index in [1.807, 2.05) is 11.0 Å². The van der Waals surface area contributed by atoms with Gasteiger partial charge in [0.15, 0.2) is 17.0 Å². The van der Waals surface area contributed by atoms with Gasteiger partial charge >= 0.3 is 0 Å². The van der Waals surface area contributed by atoms with Crippen molar-refractivity contribution in [2.24, 2.45) is 0 Å². The molecule has 1 aliphatic heterocycles. The highest BCUT2D eigenvalue weighted by Crippen LogP contribution is 2.37. The molecule has 1 atom stereocenters. The van der Waals surface area contributed by atoms with Crippen LogP contribution >= 0.6 is 0 Å². The molecule has 0 aliphatic carbocycles. The number of H-pyrrole nitrogens is 1. The van der Waals surface area contributed by atoms with E-state index < -0.39 is 23.2 Å². The third-order valence-electron chi connectivity index (χ3n) is 6.03. The van der Waals surface area contributed by atoms with Crippen molar-refractivity contribution >= 4 is 33.8 Å². The van der Waals surface area contributed by atoms with Gasteiger partial charge in [-0.15, -0.1) is 0 Å². The van der Waals surface area contributed by atoms with Gasteiger partial charge in [0.05, 0.1) is 23.6 Å². The average Bonchev–Trinajstić information content (AvgIpc) is 3.48. The molecule has 2 aromatic carbocycles. The first kappa shape index (κ1) is 20.2. The maximum atomic E-state index is 14.7. The fraction of sp³-hybridized carbons (Fsp3) is 0.174. The van der Waals surface area contributed by atoms with Crippen LogP contribution in [-0.2, 0) is 0 Å². The molecule has 11 heteroatoms. The van der Waals surface area contributed by atoms with Gasteiger partial charge in [-0.1, -0.05) is 18.2 Å². The monoisotopic (exact) mass is 460 g/mol. The molecule has 1 unspecified atom stereocenters. The van der Waals surface area contributed by atoms with Gasteiger partial charge in [0.2, 0.25) is 5.95 Å². The maximum Gasteiger partial charge on any atom is 0.269 e. The molecule has 5 aromatic rings. The van der Waals surface area contributed by atoms with Gasteiger partial charge in [-0.05, 0) is 25.0 Å². The van der Waals surface area contributed by atoms with Gasteiger partial charge in [-0.25, -0.2) is 18.7 Å². The highest BCUT2D eigenvalue weighted by Gasteiger charge is 2.34. The van der Waals surface area contributed by atoms with Crippen molar-refractivity contribution in [3.63, 3.8) is 0 Å². The molecule has 34 heavy (non-hydrogen) atoms. The molecule has 1 saturated heterocycles. The maximum absolute atomic E-state index is 14.7. The molecule has 4 heterocycles. The van der Waals surface area contributed by atoms with Crippen LogP contribution in [0.25, 0.3) is 27.8 Å². The number of hydrogen-bond acceptors (Lipinski definition) is 7. The van der Waals surface area contributed by atoms with E-state index >= 15 is 0 Å². The largest absolute Gasteiger partial charge is 0.368 e. The molecule has 6 rings (SSSR count). The van der Waals surface area contributed by atoms with Crippen LogP contribution in [0.5, 0.6) is 0 Å². The second kappa shape index (κ2) is 7.58. The lowest BCUT2D eigenvalue weighted by atomic mass is 10.1. The Morgan fingerprint density at radius 2 is 1.91 bits per heavy atom. The highest BCUT2D eigenvalue weighted by molar-refractivity contribution is 5.85. The first-order valence-electron chi connectivity index (χ1n) is 10.7. The molecule has 9 nitrogen and oxygen atoms in total. The predicted octanol–water partition coefficient (Wildman–Crippen LogP) is 3.25. The van der Waals surface area contributed by atoms with Crippen molar-refractivity contribution < 1.29 is 8.78 Å². The number of nitrogen functional groups attached to an aromatic ring is 1. The van der Waals surface area contributed by atoms with Crippen LogP contribution in [-0.4, -0.2) is 36.0 Å². The van der Waals surface area contributed by atoms with Crippen molar-refractivity contribution in [2.45, 2.75) is 18.9 Å². The molecule has 1 aliphatic rings. The van der Waals surface area contributed by atoms with Crippen molar-refractivity contribution in [1.29, 1.82) is 0 Å². The SMILES string of the molecule is Nc1nc(N2CCCC2c2nc3cc(F)cc(F)c3c(=O)n2-c2ccccc2)c2nc[nH]c2n1. The average molecular weight is 460 g/mol. The summed E-state index contributed by atoms with van der Waals surface area (Å²) in [6.45, 7) is 0.600. The molecule has 170 valence electrons. The van der Waals surface area contributed by atoms with Gasteiger partial charge in [0.25, 0.3) is 5.56 Å². The summed E-state index contributed by atoms with van der Waals surface area (Å²) in [5.41, 5.74) is 6.84. The van der Waals surface area contributed by atoms with Crippen LogP contribution in [0.1, 0.15) is 24.7 Å². The standard InChI is InChI=1S/C23H18F2N8O/c24-12-9-14(25)17-15(10-12)29-20(33(22(17)34)13-5-2-1-3-6-13)16-7-4-8-32(16)21-18-19(28-11-27-18)30-23(26)31-21/h1-3,5-6,9-11,16H,4,7-8H2,(H3,26,27,28,30,31). The molecule has 3 aromatic heterocycles. The number of anilines is 2. The molecule has 0 amide bonds. The fourth-order valence-electron chi connectivity index (χ4n) is 4.63. The number of hydrogen-bond donors (Lipinski definition) is 2. The van der Waals surface area contributed by atoms with E-state index in [4.69, 9.17) is 5.73 Å². The number of aromatic amines is 1. The molecule has 0 radical (unpaired) electrons. The third-order valence-corrected chi connectivity index (χ3v) is 6.03. The molecule has 1 fully saturated rings. The Labute approximate surface area is 190 Å². The molecule has 0 spiro atoms. The lowest BCUT2D eigenvalue weighted by Gasteiger charge is -2.27. The van der Waals surface area contributed by atoms with E-state index in [0.29, 0.717) is 47.5 Å². The van der Waals surface area contributed by atoms with Crippen LogP contribution in [0.3, 0.4) is 0 Å². The summed E-state index contributed by atoms with van der Waals surface area (Å²) in [6, 6.07) is 10.2. The highest BCUT2D eigenvalue weighted by atomic mass is 19.1. The van der Waals surface area contributed by atoms with Gasteiger partial charge in [0.1, 0.15) is 22.8 Å². The van der Waals surface area contributed by atoms with Gasteiger partial charge in [-0.3, -0.25) is 9.36 Å². The van der Waals surface area contributed by atoms with Crippen molar-refractivity contribution in [3.05, 3.63) is 76.6 Å². The number of rotatable bonds is 3. The van der Waals surface area contributed by atoms with Crippen molar-refractivity contribution in [3.8, 4) is 5.69 Å². The first-order valence-corrected chi connectivity index (χ1v) is 10.7. The number of aromatic nitrogens is 6. The minimum atomic E-state index is -0.950. The number of nitrogens with one attached hydrogen (secondary N) is 1. The number of para-hydroxylation sites is 1. The number of halogens is 2. The quantitative estimate of drug-likeness (QED) is 0.424. The van der Waals surface area contributed by atoms with E-state index in [0.717, 1.165) is 12.5 Å². The number of fused-ring (bicyclic) bond motifs is 2. The van der Waals surface area contributed by atoms with Gasteiger partial charge in [-0.2, -0.15) is 9.97 Å². The lowest BCUT2D eigenvalue weighted by molar-refractivity contribution is 0.586. The van der Waals surface area contributed by atoms with Crippen LogP contribution in [0.15, 0.2) is 53.6 Å². The van der Waals surface area contributed by atoms with Crippen LogP contribution in [0.4, 0.5) is 20.5 Å². The van der Waals surface area contributed by atoms with E-state index in [2.05, 4.69) is 24.9 Å². The zero-order valence-electron chi connectivity index (χ0n) is 17.7. The lowest BCUT2D eigenvalue weighted by Crippen LogP contribution is -2.32. The van der Waals surface area contributed by atoms with E-state index in [1.54, 1.807) is 24.3 Å². The summed E-state index contributed by atoms with van der Waals surface area (Å²) in [7, 11) is 0. The van der Waals surface area contributed by atoms with Crippen molar-refractivity contribution in [1.82, 2.24) is 29.5 Å².